The van der Waals surface area contributed by atoms with Crippen molar-refractivity contribution in [3.05, 3.63) is 51.4 Å². The summed E-state index contributed by atoms with van der Waals surface area (Å²) in [5.74, 6) is 0. The highest BCUT2D eigenvalue weighted by Crippen LogP contribution is 2.25. The van der Waals surface area contributed by atoms with E-state index in [1.54, 1.807) is 17.2 Å². The first-order valence-electron chi connectivity index (χ1n) is 5.71. The van der Waals surface area contributed by atoms with Crippen molar-refractivity contribution < 1.29 is 0 Å². The van der Waals surface area contributed by atoms with E-state index in [0.717, 1.165) is 16.3 Å². The van der Waals surface area contributed by atoms with E-state index < -0.39 is 0 Å². The number of nitrogens with one attached hydrogen (secondary N) is 1. The molecule has 3 aromatic rings. The number of nitrogens with zero attached hydrogens (tertiary/aromatic N) is 4. The first kappa shape index (κ1) is 13.4. The summed E-state index contributed by atoms with van der Waals surface area (Å²) >= 11 is 13.3. The molecule has 0 bridgehead atoms. The molecule has 0 unspecified atom stereocenters. The van der Waals surface area contributed by atoms with Gasteiger partial charge in [0.25, 0.3) is 0 Å². The van der Waals surface area contributed by atoms with Gasteiger partial charge in [0.1, 0.15) is 12.7 Å². The van der Waals surface area contributed by atoms with Crippen LogP contribution in [0.5, 0.6) is 0 Å². The minimum absolute atomic E-state index is 0.532. The van der Waals surface area contributed by atoms with Crippen LogP contribution in [-0.2, 0) is 6.54 Å². The number of rotatable bonds is 4. The summed E-state index contributed by atoms with van der Waals surface area (Å²) in [5.41, 5.74) is 1.75. The van der Waals surface area contributed by atoms with Crippen molar-refractivity contribution in [1.29, 1.82) is 0 Å². The summed E-state index contributed by atoms with van der Waals surface area (Å²) < 4.78 is 2.21. The summed E-state index contributed by atoms with van der Waals surface area (Å²) in [6, 6.07) is 5.55. The molecule has 0 radical (unpaired) electrons. The standard InChI is InChI=1S/C12H9Cl2N5S/c13-8-1-2-11(19-7-15-6-18-19)10(3-8)16-4-9-5-17-12(14)20-9/h1-3,5-7,16H,4H2. The monoisotopic (exact) mass is 325 g/mol. The van der Waals surface area contributed by atoms with Crippen molar-refractivity contribution in [2.75, 3.05) is 5.32 Å². The molecule has 0 aliphatic rings. The second kappa shape index (κ2) is 5.78. The Balaban J connectivity index is 1.86. The summed E-state index contributed by atoms with van der Waals surface area (Å²) in [6.07, 6.45) is 4.87. The second-order valence-corrected chi connectivity index (χ2v) is 6.07. The van der Waals surface area contributed by atoms with Gasteiger partial charge in [0, 0.05) is 16.1 Å². The topological polar surface area (TPSA) is 55.6 Å². The Morgan fingerprint density at radius 1 is 1.30 bits per heavy atom. The van der Waals surface area contributed by atoms with Gasteiger partial charge in [0.05, 0.1) is 17.9 Å². The van der Waals surface area contributed by atoms with Gasteiger partial charge in [-0.25, -0.2) is 14.6 Å². The molecule has 1 N–H and O–H groups in total. The van der Waals surface area contributed by atoms with Gasteiger partial charge >= 0.3 is 0 Å². The average molecular weight is 326 g/mol. The van der Waals surface area contributed by atoms with Crippen molar-refractivity contribution in [3.63, 3.8) is 0 Å². The third-order valence-electron chi connectivity index (χ3n) is 2.60. The fourth-order valence-electron chi connectivity index (χ4n) is 1.73. The van der Waals surface area contributed by atoms with E-state index in [1.165, 1.54) is 17.7 Å². The van der Waals surface area contributed by atoms with Crippen LogP contribution in [0.3, 0.4) is 0 Å². The van der Waals surface area contributed by atoms with Crippen LogP contribution in [0, 0.1) is 0 Å². The Labute approximate surface area is 129 Å². The van der Waals surface area contributed by atoms with Gasteiger partial charge in [-0.15, -0.1) is 11.3 Å². The highest BCUT2D eigenvalue weighted by Gasteiger charge is 2.07. The smallest absolute Gasteiger partial charge is 0.183 e. The van der Waals surface area contributed by atoms with E-state index in [1.807, 2.05) is 18.2 Å². The third-order valence-corrected chi connectivity index (χ3v) is 3.95. The lowest BCUT2D eigenvalue weighted by Crippen LogP contribution is -2.04. The molecular formula is C12H9Cl2N5S. The summed E-state index contributed by atoms with van der Waals surface area (Å²) in [6.45, 7) is 0.617. The molecule has 0 aliphatic carbocycles. The molecule has 3 rings (SSSR count). The molecule has 0 spiro atoms. The number of hydrogen-bond acceptors (Lipinski definition) is 5. The summed E-state index contributed by atoms with van der Waals surface area (Å²) in [5, 5.41) is 8.09. The lowest BCUT2D eigenvalue weighted by molar-refractivity contribution is 0.878. The number of thiazole rings is 1. The molecule has 0 fully saturated rings. The summed E-state index contributed by atoms with van der Waals surface area (Å²) in [7, 11) is 0. The van der Waals surface area contributed by atoms with E-state index in [2.05, 4.69) is 20.4 Å². The van der Waals surface area contributed by atoms with Crippen LogP contribution in [0.25, 0.3) is 5.69 Å². The van der Waals surface area contributed by atoms with E-state index in [4.69, 9.17) is 23.2 Å². The minimum Gasteiger partial charge on any atom is -0.378 e. The number of hydrogen-bond donors (Lipinski definition) is 1. The van der Waals surface area contributed by atoms with Crippen LogP contribution in [0.15, 0.2) is 37.1 Å². The Morgan fingerprint density at radius 2 is 2.20 bits per heavy atom. The molecule has 1 aromatic carbocycles. The molecule has 0 saturated heterocycles. The lowest BCUT2D eigenvalue weighted by Gasteiger charge is -2.11. The van der Waals surface area contributed by atoms with E-state index in [9.17, 15) is 0 Å². The fourth-order valence-corrected chi connectivity index (χ4v) is 2.82. The number of benzene rings is 1. The van der Waals surface area contributed by atoms with Gasteiger partial charge in [-0.1, -0.05) is 23.2 Å². The number of aromatic nitrogens is 4. The quantitative estimate of drug-likeness (QED) is 0.795. The number of anilines is 1. The van der Waals surface area contributed by atoms with Gasteiger partial charge in [-0.05, 0) is 18.2 Å². The van der Waals surface area contributed by atoms with Gasteiger partial charge in [0.2, 0.25) is 0 Å². The first-order valence-corrected chi connectivity index (χ1v) is 7.28. The van der Waals surface area contributed by atoms with Gasteiger partial charge in [-0.2, -0.15) is 5.10 Å². The van der Waals surface area contributed by atoms with Crippen molar-refractivity contribution in [3.8, 4) is 5.69 Å². The summed E-state index contributed by atoms with van der Waals surface area (Å²) in [4.78, 5) is 9.00. The fraction of sp³-hybridized carbons (Fsp3) is 0.0833. The molecule has 102 valence electrons. The van der Waals surface area contributed by atoms with Crippen LogP contribution >= 0.6 is 34.5 Å². The molecule has 0 atom stereocenters. The molecule has 0 saturated carbocycles. The Bertz CT molecular complexity index is 710. The SMILES string of the molecule is Clc1ccc(-n2cncn2)c(NCc2cnc(Cl)s2)c1. The van der Waals surface area contributed by atoms with Crippen LogP contribution < -0.4 is 5.32 Å². The molecule has 2 heterocycles. The molecular weight excluding hydrogens is 317 g/mol. The van der Waals surface area contributed by atoms with Gasteiger partial charge < -0.3 is 5.32 Å². The van der Waals surface area contributed by atoms with Crippen LogP contribution in [0.2, 0.25) is 9.49 Å². The second-order valence-electron chi connectivity index (χ2n) is 3.93. The molecule has 8 heteroatoms. The Hall–Kier alpha value is -1.63. The maximum atomic E-state index is 6.05. The van der Waals surface area contributed by atoms with Crippen LogP contribution in [0.1, 0.15) is 4.88 Å². The van der Waals surface area contributed by atoms with Gasteiger partial charge in [-0.3, -0.25) is 0 Å². The molecule has 2 aromatic heterocycles. The van der Waals surface area contributed by atoms with E-state index in [0.29, 0.717) is 16.0 Å². The predicted octanol–water partition coefficient (Wildman–Crippen LogP) is 3.64. The van der Waals surface area contributed by atoms with Crippen molar-refractivity contribution in [1.82, 2.24) is 19.7 Å². The highest BCUT2D eigenvalue weighted by molar-refractivity contribution is 7.15. The minimum atomic E-state index is 0.532. The zero-order valence-corrected chi connectivity index (χ0v) is 12.5. The van der Waals surface area contributed by atoms with Crippen molar-refractivity contribution in [2.45, 2.75) is 6.54 Å². The maximum absolute atomic E-state index is 6.05. The van der Waals surface area contributed by atoms with Crippen molar-refractivity contribution >= 4 is 40.2 Å². The number of halogens is 2. The third kappa shape index (κ3) is 2.92. The molecule has 0 amide bonds. The maximum Gasteiger partial charge on any atom is 0.183 e. The lowest BCUT2D eigenvalue weighted by atomic mass is 10.2. The van der Waals surface area contributed by atoms with E-state index in [-0.39, 0.29) is 0 Å². The van der Waals surface area contributed by atoms with Crippen LogP contribution in [0.4, 0.5) is 5.69 Å². The zero-order valence-electron chi connectivity index (χ0n) is 10.1. The molecule has 0 aliphatic heterocycles. The Kier molecular flexibility index (Phi) is 3.86. The first-order chi connectivity index (χ1) is 9.72. The highest BCUT2D eigenvalue weighted by atomic mass is 35.5. The van der Waals surface area contributed by atoms with Crippen LogP contribution in [-0.4, -0.2) is 19.7 Å². The van der Waals surface area contributed by atoms with Gasteiger partial charge in [0.15, 0.2) is 4.47 Å². The largest absolute Gasteiger partial charge is 0.378 e. The normalized spacial score (nSPS) is 10.7. The predicted molar refractivity (Wildman–Crippen MR) is 80.8 cm³/mol. The Morgan fingerprint density at radius 3 is 2.90 bits per heavy atom. The molecule has 5 nitrogen and oxygen atoms in total. The molecule has 20 heavy (non-hydrogen) atoms. The van der Waals surface area contributed by atoms with Crippen molar-refractivity contribution in [2.24, 2.45) is 0 Å². The average Bonchev–Trinajstić information content (AvgIpc) is 3.08. The van der Waals surface area contributed by atoms with E-state index >= 15 is 0 Å². The zero-order chi connectivity index (χ0) is 13.9.